The summed E-state index contributed by atoms with van der Waals surface area (Å²) in [6.45, 7) is 8.08. The minimum absolute atomic E-state index is 0.531. The molecule has 3 rings (SSSR count). The van der Waals surface area contributed by atoms with E-state index in [1.54, 1.807) is 0 Å². The second kappa shape index (κ2) is 10.6. The first kappa shape index (κ1) is 20.1. The van der Waals surface area contributed by atoms with Gasteiger partial charge >= 0.3 is 0 Å². The number of ether oxygens (including phenoxy) is 3. The number of pyridine rings is 1. The molecule has 0 N–H and O–H groups in total. The molecule has 27 heavy (non-hydrogen) atoms. The summed E-state index contributed by atoms with van der Waals surface area (Å²) in [5.74, 6) is 1.80. The second-order valence-electron chi connectivity index (χ2n) is 7.51. The van der Waals surface area contributed by atoms with Crippen molar-refractivity contribution in [2.75, 3.05) is 26.4 Å². The van der Waals surface area contributed by atoms with Crippen LogP contribution in [0.5, 0.6) is 5.75 Å². The predicted octanol–water partition coefficient (Wildman–Crippen LogP) is 5.45. The zero-order chi connectivity index (χ0) is 18.9. The molecular formula is C23H33NO3. The minimum atomic E-state index is 0.531. The van der Waals surface area contributed by atoms with Gasteiger partial charge in [0.2, 0.25) is 0 Å². The average Bonchev–Trinajstić information content (AvgIpc) is 3.50. The van der Waals surface area contributed by atoms with E-state index in [1.165, 1.54) is 12.8 Å². The third-order valence-electron chi connectivity index (χ3n) is 5.04. The Hall–Kier alpha value is -1.65. The first-order valence-electron chi connectivity index (χ1n) is 10.5. The molecule has 1 fully saturated rings. The highest BCUT2D eigenvalue weighted by Gasteiger charge is 2.20. The lowest BCUT2D eigenvalue weighted by Crippen LogP contribution is -2.06. The van der Waals surface area contributed by atoms with Crippen LogP contribution in [0.2, 0.25) is 0 Å². The van der Waals surface area contributed by atoms with Crippen LogP contribution in [0.4, 0.5) is 0 Å². The summed E-state index contributed by atoms with van der Waals surface area (Å²) < 4.78 is 17.7. The summed E-state index contributed by atoms with van der Waals surface area (Å²) in [5, 5.41) is 1.09. The number of unbranched alkanes of at least 4 members (excludes halogenated alkanes) is 2. The highest BCUT2D eigenvalue weighted by molar-refractivity contribution is 5.86. The molecule has 0 bridgehead atoms. The third-order valence-corrected chi connectivity index (χ3v) is 5.04. The van der Waals surface area contributed by atoms with Gasteiger partial charge in [0.1, 0.15) is 5.75 Å². The van der Waals surface area contributed by atoms with Crippen molar-refractivity contribution in [1.29, 1.82) is 0 Å². The van der Waals surface area contributed by atoms with Gasteiger partial charge in [-0.15, -0.1) is 0 Å². The van der Waals surface area contributed by atoms with Crippen molar-refractivity contribution in [3.8, 4) is 5.75 Å². The standard InChI is InChI=1S/C23H33NO3/c1-3-4-15-27-23-18(2)22(24-21-10-6-5-9-20(21)23)17-26-14-8-7-13-25-16-19-11-12-19/h5-6,9-10,19H,3-4,7-8,11-17H2,1-2H3. The maximum absolute atomic E-state index is 6.12. The smallest absolute Gasteiger partial charge is 0.133 e. The van der Waals surface area contributed by atoms with Crippen molar-refractivity contribution in [3.05, 3.63) is 35.5 Å². The maximum Gasteiger partial charge on any atom is 0.133 e. The largest absolute Gasteiger partial charge is 0.493 e. The fourth-order valence-corrected chi connectivity index (χ4v) is 3.08. The van der Waals surface area contributed by atoms with Crippen LogP contribution in [-0.4, -0.2) is 31.4 Å². The number of rotatable bonds is 13. The Morgan fingerprint density at radius 1 is 1.00 bits per heavy atom. The number of aromatic nitrogens is 1. The molecule has 148 valence electrons. The van der Waals surface area contributed by atoms with Crippen LogP contribution >= 0.6 is 0 Å². The number of fused-ring (bicyclic) bond motifs is 1. The highest BCUT2D eigenvalue weighted by atomic mass is 16.5. The molecule has 0 unspecified atom stereocenters. The zero-order valence-corrected chi connectivity index (χ0v) is 16.8. The minimum Gasteiger partial charge on any atom is -0.493 e. The molecule has 1 heterocycles. The van der Waals surface area contributed by atoms with Crippen molar-refractivity contribution in [1.82, 2.24) is 4.98 Å². The number of para-hydroxylation sites is 1. The summed E-state index contributed by atoms with van der Waals surface area (Å²) in [6, 6.07) is 8.19. The van der Waals surface area contributed by atoms with Gasteiger partial charge in [0.15, 0.2) is 0 Å². The number of benzene rings is 1. The van der Waals surface area contributed by atoms with E-state index in [2.05, 4.69) is 19.9 Å². The Morgan fingerprint density at radius 2 is 1.78 bits per heavy atom. The Morgan fingerprint density at radius 3 is 2.56 bits per heavy atom. The van der Waals surface area contributed by atoms with E-state index in [4.69, 9.17) is 19.2 Å². The van der Waals surface area contributed by atoms with Crippen molar-refractivity contribution in [3.63, 3.8) is 0 Å². The third kappa shape index (κ3) is 6.18. The Kier molecular flexibility index (Phi) is 7.91. The lowest BCUT2D eigenvalue weighted by molar-refractivity contribution is 0.0905. The quantitative estimate of drug-likeness (QED) is 0.439. The van der Waals surface area contributed by atoms with Gasteiger partial charge in [-0.25, -0.2) is 4.98 Å². The molecule has 0 amide bonds. The van der Waals surface area contributed by atoms with Crippen molar-refractivity contribution >= 4 is 10.9 Å². The molecular weight excluding hydrogens is 338 g/mol. The molecule has 0 atom stereocenters. The Labute approximate surface area is 163 Å². The van der Waals surface area contributed by atoms with E-state index in [0.717, 1.165) is 85.9 Å². The topological polar surface area (TPSA) is 40.6 Å². The van der Waals surface area contributed by atoms with Crippen LogP contribution in [0.3, 0.4) is 0 Å². The Bertz CT molecular complexity index is 712. The molecule has 0 spiro atoms. The van der Waals surface area contributed by atoms with Gasteiger partial charge < -0.3 is 14.2 Å². The fourth-order valence-electron chi connectivity index (χ4n) is 3.08. The molecule has 1 aromatic carbocycles. The predicted molar refractivity (Wildman–Crippen MR) is 109 cm³/mol. The average molecular weight is 372 g/mol. The van der Waals surface area contributed by atoms with Crippen LogP contribution in [0.1, 0.15) is 56.7 Å². The summed E-state index contributed by atoms with van der Waals surface area (Å²) in [4.78, 5) is 4.81. The van der Waals surface area contributed by atoms with E-state index < -0.39 is 0 Å². The number of hydrogen-bond donors (Lipinski definition) is 0. The summed E-state index contributed by atoms with van der Waals surface area (Å²) >= 11 is 0. The molecule has 4 nitrogen and oxygen atoms in total. The van der Waals surface area contributed by atoms with Gasteiger partial charge in [-0.3, -0.25) is 0 Å². The van der Waals surface area contributed by atoms with E-state index in [9.17, 15) is 0 Å². The first-order chi connectivity index (χ1) is 13.3. The molecule has 1 aliphatic rings. The maximum atomic E-state index is 6.12. The first-order valence-corrected chi connectivity index (χ1v) is 10.5. The monoisotopic (exact) mass is 371 g/mol. The molecule has 4 heteroatoms. The molecule has 2 aromatic rings. The van der Waals surface area contributed by atoms with Crippen LogP contribution in [0.25, 0.3) is 10.9 Å². The normalized spacial score (nSPS) is 14.0. The van der Waals surface area contributed by atoms with Gasteiger partial charge in [-0.1, -0.05) is 25.5 Å². The van der Waals surface area contributed by atoms with E-state index in [0.29, 0.717) is 6.61 Å². The van der Waals surface area contributed by atoms with Crippen LogP contribution in [0, 0.1) is 12.8 Å². The molecule has 0 aliphatic heterocycles. The van der Waals surface area contributed by atoms with E-state index >= 15 is 0 Å². The molecule has 1 saturated carbocycles. The summed E-state index contributed by atoms with van der Waals surface area (Å²) in [5.41, 5.74) is 3.05. The molecule has 1 aliphatic carbocycles. The summed E-state index contributed by atoms with van der Waals surface area (Å²) in [7, 11) is 0. The lowest BCUT2D eigenvalue weighted by Gasteiger charge is -2.15. The van der Waals surface area contributed by atoms with Crippen molar-refractivity contribution in [2.24, 2.45) is 5.92 Å². The van der Waals surface area contributed by atoms with Gasteiger partial charge in [0.25, 0.3) is 0 Å². The van der Waals surface area contributed by atoms with Crippen LogP contribution < -0.4 is 4.74 Å². The van der Waals surface area contributed by atoms with E-state index in [1.807, 2.05) is 18.2 Å². The number of nitrogens with zero attached hydrogens (tertiary/aromatic N) is 1. The Balaban J connectivity index is 1.51. The second-order valence-corrected chi connectivity index (χ2v) is 7.51. The van der Waals surface area contributed by atoms with Gasteiger partial charge in [-0.2, -0.15) is 0 Å². The summed E-state index contributed by atoms with van der Waals surface area (Å²) in [6.07, 6.45) is 6.98. The zero-order valence-electron chi connectivity index (χ0n) is 16.8. The van der Waals surface area contributed by atoms with Gasteiger partial charge in [-0.05, 0) is 57.1 Å². The van der Waals surface area contributed by atoms with E-state index in [-0.39, 0.29) is 0 Å². The molecule has 0 saturated heterocycles. The number of hydrogen-bond acceptors (Lipinski definition) is 4. The molecule has 1 aromatic heterocycles. The van der Waals surface area contributed by atoms with Gasteiger partial charge in [0.05, 0.1) is 24.4 Å². The highest BCUT2D eigenvalue weighted by Crippen LogP contribution is 2.31. The van der Waals surface area contributed by atoms with Gasteiger partial charge in [0, 0.05) is 30.8 Å². The SMILES string of the molecule is CCCCOc1c(C)c(COCCCCOCC2CC2)nc2ccccc12. The lowest BCUT2D eigenvalue weighted by atomic mass is 10.1. The van der Waals surface area contributed by atoms with Crippen molar-refractivity contribution < 1.29 is 14.2 Å². The van der Waals surface area contributed by atoms with Crippen LogP contribution in [-0.2, 0) is 16.1 Å². The van der Waals surface area contributed by atoms with Crippen LogP contribution in [0.15, 0.2) is 24.3 Å². The fraction of sp³-hybridized carbons (Fsp3) is 0.609. The van der Waals surface area contributed by atoms with Crippen molar-refractivity contribution in [2.45, 2.75) is 59.0 Å². The molecule has 0 radical (unpaired) electrons.